The fraction of sp³-hybridized carbons (Fsp3) is 0.250. The van der Waals surface area contributed by atoms with Crippen molar-refractivity contribution in [2.24, 2.45) is 0 Å². The van der Waals surface area contributed by atoms with Crippen molar-refractivity contribution < 1.29 is 14.3 Å². The molecule has 0 bridgehead atoms. The number of esters is 1. The molecule has 0 N–H and O–H groups in total. The van der Waals surface area contributed by atoms with Crippen LogP contribution in [0.3, 0.4) is 0 Å². The second kappa shape index (κ2) is 9.18. The fourth-order valence-electron chi connectivity index (χ4n) is 3.43. The third-order valence-electron chi connectivity index (χ3n) is 4.66. The van der Waals surface area contributed by atoms with Gasteiger partial charge in [-0.05, 0) is 49.1 Å². The highest BCUT2D eigenvalue weighted by molar-refractivity contribution is 5.83. The summed E-state index contributed by atoms with van der Waals surface area (Å²) in [6.45, 7) is 4.28. The zero-order valence-electron chi connectivity index (χ0n) is 16.6. The van der Waals surface area contributed by atoms with Crippen LogP contribution >= 0.6 is 0 Å². The molecule has 3 aromatic rings. The highest BCUT2D eigenvalue weighted by atomic mass is 16.5. The van der Waals surface area contributed by atoms with E-state index in [1.807, 2.05) is 37.4 Å². The van der Waals surface area contributed by atoms with Crippen molar-refractivity contribution in [1.29, 1.82) is 0 Å². The number of hydrogen-bond donors (Lipinski definition) is 0. The highest BCUT2D eigenvalue weighted by Crippen LogP contribution is 2.40. The van der Waals surface area contributed by atoms with Crippen molar-refractivity contribution in [3.63, 3.8) is 0 Å². The number of aryl methyl sites for hydroxylation is 1. The van der Waals surface area contributed by atoms with E-state index in [1.165, 1.54) is 5.56 Å². The van der Waals surface area contributed by atoms with Gasteiger partial charge in [-0.3, -0.25) is 9.78 Å². The first kappa shape index (κ1) is 19.6. The molecule has 1 heterocycles. The van der Waals surface area contributed by atoms with Crippen molar-refractivity contribution in [1.82, 2.24) is 4.98 Å². The number of methoxy groups -OCH3 is 1. The van der Waals surface area contributed by atoms with Gasteiger partial charge < -0.3 is 9.47 Å². The third kappa shape index (κ3) is 4.39. The minimum Gasteiger partial charge on any atom is -0.496 e. The fourth-order valence-corrected chi connectivity index (χ4v) is 3.43. The number of carbonyl (C=O) groups excluding carboxylic acids is 1. The number of hydrogen-bond acceptors (Lipinski definition) is 4. The molecule has 0 radical (unpaired) electrons. The van der Waals surface area contributed by atoms with Crippen LogP contribution in [-0.4, -0.2) is 24.7 Å². The predicted octanol–water partition coefficient (Wildman–Crippen LogP) is 5.23. The van der Waals surface area contributed by atoms with Crippen molar-refractivity contribution in [3.05, 3.63) is 72.1 Å². The van der Waals surface area contributed by atoms with E-state index in [9.17, 15) is 4.79 Å². The molecule has 0 amide bonds. The van der Waals surface area contributed by atoms with Crippen LogP contribution in [0.4, 0.5) is 0 Å². The normalized spacial score (nSPS) is 10.5. The summed E-state index contributed by atoms with van der Waals surface area (Å²) in [5.41, 5.74) is 6.39. The minimum atomic E-state index is -0.197. The summed E-state index contributed by atoms with van der Waals surface area (Å²) >= 11 is 0. The lowest BCUT2D eigenvalue weighted by Crippen LogP contribution is -2.07. The molecule has 1 aromatic heterocycles. The first-order chi connectivity index (χ1) is 13.6. The van der Waals surface area contributed by atoms with E-state index in [0.717, 1.165) is 33.6 Å². The van der Waals surface area contributed by atoms with Crippen LogP contribution in [0, 0.1) is 6.92 Å². The van der Waals surface area contributed by atoms with Gasteiger partial charge in [0, 0.05) is 29.9 Å². The molecule has 0 saturated heterocycles. The van der Waals surface area contributed by atoms with Gasteiger partial charge in [-0.2, -0.15) is 0 Å². The minimum absolute atomic E-state index is 0.197. The van der Waals surface area contributed by atoms with Gasteiger partial charge in [0.2, 0.25) is 0 Å². The molecule has 0 saturated carbocycles. The molecule has 0 fully saturated rings. The Morgan fingerprint density at radius 1 is 1.07 bits per heavy atom. The second-order valence-corrected chi connectivity index (χ2v) is 6.59. The maximum absolute atomic E-state index is 12.1. The number of carbonyl (C=O) groups is 1. The SMILES string of the molecule is CCOC(=O)CCc1c(-c2cccc(C)c2)ccc(OC)c1-c1cccnc1. The third-order valence-corrected chi connectivity index (χ3v) is 4.66. The smallest absolute Gasteiger partial charge is 0.306 e. The van der Waals surface area contributed by atoms with Crippen LogP contribution < -0.4 is 4.74 Å². The Morgan fingerprint density at radius 2 is 1.89 bits per heavy atom. The Balaban J connectivity index is 2.17. The largest absolute Gasteiger partial charge is 0.496 e. The van der Waals surface area contributed by atoms with Crippen LogP contribution in [0.5, 0.6) is 5.75 Å². The Labute approximate surface area is 166 Å². The maximum atomic E-state index is 12.1. The highest BCUT2D eigenvalue weighted by Gasteiger charge is 2.18. The van der Waals surface area contributed by atoms with Gasteiger partial charge in [0.25, 0.3) is 0 Å². The summed E-state index contributed by atoms with van der Waals surface area (Å²) < 4.78 is 10.8. The topological polar surface area (TPSA) is 48.4 Å². The number of benzene rings is 2. The van der Waals surface area contributed by atoms with Gasteiger partial charge in [-0.15, -0.1) is 0 Å². The number of ether oxygens (including phenoxy) is 2. The second-order valence-electron chi connectivity index (χ2n) is 6.59. The van der Waals surface area contributed by atoms with E-state index >= 15 is 0 Å². The van der Waals surface area contributed by atoms with E-state index in [-0.39, 0.29) is 5.97 Å². The van der Waals surface area contributed by atoms with E-state index in [1.54, 1.807) is 13.3 Å². The van der Waals surface area contributed by atoms with Crippen molar-refractivity contribution in [3.8, 4) is 28.0 Å². The summed E-state index contributed by atoms with van der Waals surface area (Å²) in [5, 5.41) is 0. The molecule has 4 nitrogen and oxygen atoms in total. The zero-order chi connectivity index (χ0) is 19.9. The average Bonchev–Trinajstić information content (AvgIpc) is 2.72. The molecular weight excluding hydrogens is 350 g/mol. The Bertz CT molecular complexity index is 951. The van der Waals surface area contributed by atoms with Crippen LogP contribution in [0.25, 0.3) is 22.3 Å². The summed E-state index contributed by atoms with van der Waals surface area (Å²) in [6, 6.07) is 16.3. The van der Waals surface area contributed by atoms with Gasteiger partial charge in [0.1, 0.15) is 5.75 Å². The predicted molar refractivity (Wildman–Crippen MR) is 111 cm³/mol. The quantitative estimate of drug-likeness (QED) is 0.531. The molecule has 0 unspecified atom stereocenters. The van der Waals surface area contributed by atoms with Gasteiger partial charge in [0.05, 0.1) is 13.7 Å². The first-order valence-corrected chi connectivity index (χ1v) is 9.47. The van der Waals surface area contributed by atoms with Crippen molar-refractivity contribution >= 4 is 5.97 Å². The van der Waals surface area contributed by atoms with Crippen LogP contribution in [0.15, 0.2) is 60.9 Å². The lowest BCUT2D eigenvalue weighted by Gasteiger charge is -2.19. The van der Waals surface area contributed by atoms with Gasteiger partial charge in [-0.25, -0.2) is 0 Å². The summed E-state index contributed by atoms with van der Waals surface area (Å²) in [4.78, 5) is 16.3. The number of nitrogens with zero attached hydrogens (tertiary/aromatic N) is 1. The molecule has 0 aliphatic rings. The van der Waals surface area contributed by atoms with E-state index < -0.39 is 0 Å². The molecule has 28 heavy (non-hydrogen) atoms. The van der Waals surface area contributed by atoms with Gasteiger partial charge in [-0.1, -0.05) is 42.0 Å². The average molecular weight is 375 g/mol. The lowest BCUT2D eigenvalue weighted by atomic mass is 9.88. The molecule has 0 aliphatic carbocycles. The first-order valence-electron chi connectivity index (χ1n) is 9.47. The standard InChI is InChI=1S/C24H25NO3/c1-4-28-23(26)13-11-21-20(18-8-5-7-17(2)15-18)10-12-22(27-3)24(21)19-9-6-14-25-16-19/h5-10,12,14-16H,4,11,13H2,1-3H3. The van der Waals surface area contributed by atoms with Crippen molar-refractivity contribution in [2.45, 2.75) is 26.7 Å². The molecule has 2 aromatic carbocycles. The summed E-state index contributed by atoms with van der Waals surface area (Å²) in [5.74, 6) is 0.570. The molecule has 0 atom stereocenters. The molecular formula is C24H25NO3. The van der Waals surface area contributed by atoms with Gasteiger partial charge in [0.15, 0.2) is 0 Å². The summed E-state index contributed by atoms with van der Waals surface area (Å²) in [6.07, 6.45) is 4.45. The van der Waals surface area contributed by atoms with E-state index in [4.69, 9.17) is 9.47 Å². The number of rotatable bonds is 7. The van der Waals surface area contributed by atoms with Crippen molar-refractivity contribution in [2.75, 3.05) is 13.7 Å². The maximum Gasteiger partial charge on any atom is 0.306 e. The van der Waals surface area contributed by atoms with Crippen LogP contribution in [-0.2, 0) is 16.0 Å². The molecule has 4 heteroatoms. The summed E-state index contributed by atoms with van der Waals surface area (Å²) in [7, 11) is 1.66. The Kier molecular flexibility index (Phi) is 6.43. The molecule has 144 valence electrons. The molecule has 0 spiro atoms. The Morgan fingerprint density at radius 3 is 2.57 bits per heavy atom. The van der Waals surface area contributed by atoms with Crippen LogP contribution in [0.2, 0.25) is 0 Å². The van der Waals surface area contributed by atoms with Gasteiger partial charge >= 0.3 is 5.97 Å². The lowest BCUT2D eigenvalue weighted by molar-refractivity contribution is -0.143. The van der Waals surface area contributed by atoms with Crippen LogP contribution in [0.1, 0.15) is 24.5 Å². The Hall–Kier alpha value is -3.14. The number of pyridine rings is 1. The van der Waals surface area contributed by atoms with E-state index in [2.05, 4.69) is 36.2 Å². The number of aromatic nitrogens is 1. The van der Waals surface area contributed by atoms with E-state index in [0.29, 0.717) is 19.4 Å². The monoisotopic (exact) mass is 375 g/mol. The molecule has 3 rings (SSSR count). The molecule has 0 aliphatic heterocycles. The zero-order valence-corrected chi connectivity index (χ0v) is 16.6.